The third kappa shape index (κ3) is 16.2. The van der Waals surface area contributed by atoms with Gasteiger partial charge in [0.05, 0.1) is 12.2 Å². The summed E-state index contributed by atoms with van der Waals surface area (Å²) in [6.07, 6.45) is 13.6. The summed E-state index contributed by atoms with van der Waals surface area (Å²) in [5.74, 6) is -0.324. The van der Waals surface area contributed by atoms with Crippen molar-refractivity contribution in [3.05, 3.63) is 0 Å². The minimum atomic E-state index is -3.94. The average molecular weight is 337 g/mol. The second-order valence-corrected chi connectivity index (χ2v) is 7.97. The van der Waals surface area contributed by atoms with E-state index in [2.05, 4.69) is 6.92 Å². The molecule has 0 aliphatic heterocycles. The highest BCUT2D eigenvalue weighted by Gasteiger charge is 2.15. The minimum Gasteiger partial charge on any atom is -0.374 e. The Balaban J connectivity index is 3.40. The van der Waals surface area contributed by atoms with E-state index in [0.717, 1.165) is 12.8 Å². The van der Waals surface area contributed by atoms with Crippen LogP contribution >= 0.6 is 0 Å². The van der Waals surface area contributed by atoms with Gasteiger partial charge in [-0.15, -0.1) is 0 Å². The lowest BCUT2D eigenvalue weighted by atomic mass is 10.0. The Hall–Kier alpha value is -0.130. The van der Waals surface area contributed by atoms with Crippen LogP contribution in [0, 0.1) is 0 Å². The monoisotopic (exact) mass is 336 g/mol. The van der Waals surface area contributed by atoms with Gasteiger partial charge in [-0.05, 0) is 20.3 Å². The molecule has 0 saturated carbocycles. The summed E-state index contributed by atoms with van der Waals surface area (Å²) in [6, 6.07) is 0. The fraction of sp³-hybridized carbons (Fsp3) is 1.00. The SMILES string of the molecule is CCCCCCCCCCCCC(C)OC(C)CS(=O)(=O)O. The maximum atomic E-state index is 10.7. The zero-order valence-corrected chi connectivity index (χ0v) is 15.5. The van der Waals surface area contributed by atoms with E-state index in [1.165, 1.54) is 57.8 Å². The molecule has 0 heterocycles. The third-order valence-electron chi connectivity index (χ3n) is 3.87. The maximum absolute atomic E-state index is 10.7. The molecule has 0 aromatic heterocycles. The van der Waals surface area contributed by atoms with Crippen molar-refractivity contribution in [1.82, 2.24) is 0 Å². The average Bonchev–Trinajstić information content (AvgIpc) is 2.38. The van der Waals surface area contributed by atoms with Gasteiger partial charge in [0.2, 0.25) is 0 Å². The highest BCUT2D eigenvalue weighted by molar-refractivity contribution is 7.85. The first-order valence-electron chi connectivity index (χ1n) is 8.95. The van der Waals surface area contributed by atoms with Crippen molar-refractivity contribution in [2.24, 2.45) is 0 Å². The molecule has 2 atom stereocenters. The second-order valence-electron chi connectivity index (χ2n) is 6.48. The van der Waals surface area contributed by atoms with Crippen molar-refractivity contribution in [2.45, 2.75) is 104 Å². The first kappa shape index (κ1) is 21.9. The van der Waals surface area contributed by atoms with E-state index in [9.17, 15) is 8.42 Å². The van der Waals surface area contributed by atoms with Gasteiger partial charge in [0.15, 0.2) is 0 Å². The number of rotatable bonds is 15. The normalized spacial score (nSPS) is 14.9. The molecule has 1 N–H and O–H groups in total. The lowest BCUT2D eigenvalue weighted by Gasteiger charge is -2.18. The highest BCUT2D eigenvalue weighted by Crippen LogP contribution is 2.13. The Bertz CT molecular complexity index is 341. The van der Waals surface area contributed by atoms with E-state index in [1.807, 2.05) is 6.92 Å². The van der Waals surface area contributed by atoms with Crippen molar-refractivity contribution >= 4 is 10.1 Å². The van der Waals surface area contributed by atoms with Gasteiger partial charge in [-0.2, -0.15) is 8.42 Å². The van der Waals surface area contributed by atoms with Crippen LogP contribution in [0.2, 0.25) is 0 Å². The van der Waals surface area contributed by atoms with Gasteiger partial charge in [-0.3, -0.25) is 4.55 Å². The van der Waals surface area contributed by atoms with E-state index in [0.29, 0.717) is 0 Å². The van der Waals surface area contributed by atoms with Gasteiger partial charge in [-0.25, -0.2) is 0 Å². The van der Waals surface area contributed by atoms with E-state index in [1.54, 1.807) is 6.92 Å². The molecular weight excluding hydrogens is 300 g/mol. The first-order valence-corrected chi connectivity index (χ1v) is 10.6. The van der Waals surface area contributed by atoms with Gasteiger partial charge in [0.1, 0.15) is 5.75 Å². The predicted molar refractivity (Wildman–Crippen MR) is 92.9 cm³/mol. The third-order valence-corrected chi connectivity index (χ3v) is 4.76. The summed E-state index contributed by atoms with van der Waals surface area (Å²) in [5.41, 5.74) is 0. The number of unbranched alkanes of at least 4 members (excludes halogenated alkanes) is 9. The Morgan fingerprint density at radius 1 is 0.818 bits per heavy atom. The molecule has 0 spiro atoms. The summed E-state index contributed by atoms with van der Waals surface area (Å²) in [5, 5.41) is 0. The van der Waals surface area contributed by atoms with Crippen molar-refractivity contribution in [3.63, 3.8) is 0 Å². The maximum Gasteiger partial charge on any atom is 0.267 e. The van der Waals surface area contributed by atoms with E-state index in [4.69, 9.17) is 9.29 Å². The fourth-order valence-electron chi connectivity index (χ4n) is 2.72. The van der Waals surface area contributed by atoms with Gasteiger partial charge >= 0.3 is 0 Å². The molecule has 0 radical (unpaired) electrons. The number of ether oxygens (including phenoxy) is 1. The molecule has 0 fully saturated rings. The van der Waals surface area contributed by atoms with E-state index >= 15 is 0 Å². The number of hydrogen-bond donors (Lipinski definition) is 1. The molecule has 0 saturated heterocycles. The quantitative estimate of drug-likeness (QED) is 0.338. The van der Waals surface area contributed by atoms with Gasteiger partial charge in [0.25, 0.3) is 10.1 Å². The Morgan fingerprint density at radius 3 is 1.73 bits per heavy atom. The van der Waals surface area contributed by atoms with Crippen molar-refractivity contribution < 1.29 is 17.7 Å². The van der Waals surface area contributed by atoms with Gasteiger partial charge in [-0.1, -0.05) is 71.1 Å². The van der Waals surface area contributed by atoms with Gasteiger partial charge < -0.3 is 4.74 Å². The van der Waals surface area contributed by atoms with Gasteiger partial charge in [0, 0.05) is 0 Å². The van der Waals surface area contributed by atoms with Crippen LogP contribution in [-0.2, 0) is 14.9 Å². The van der Waals surface area contributed by atoms with Crippen LogP contribution in [0.25, 0.3) is 0 Å². The summed E-state index contributed by atoms with van der Waals surface area (Å²) < 4.78 is 35.8. The molecule has 134 valence electrons. The molecule has 0 rings (SSSR count). The second kappa shape index (κ2) is 13.3. The zero-order chi connectivity index (χ0) is 16.8. The molecule has 4 nitrogen and oxygen atoms in total. The van der Waals surface area contributed by atoms with Crippen LogP contribution in [0.3, 0.4) is 0 Å². The lowest BCUT2D eigenvalue weighted by Crippen LogP contribution is -2.24. The molecular formula is C17H36O4S. The summed E-state index contributed by atoms with van der Waals surface area (Å²) in [6.45, 7) is 5.89. The van der Waals surface area contributed by atoms with Crippen molar-refractivity contribution in [1.29, 1.82) is 0 Å². The molecule has 0 aromatic rings. The Morgan fingerprint density at radius 2 is 1.27 bits per heavy atom. The predicted octanol–water partition coefficient (Wildman–Crippen LogP) is 4.98. The molecule has 0 amide bonds. The number of hydrogen-bond acceptors (Lipinski definition) is 3. The first-order chi connectivity index (χ1) is 10.3. The molecule has 0 bridgehead atoms. The Kier molecular flexibility index (Phi) is 13.2. The molecule has 5 heteroatoms. The van der Waals surface area contributed by atoms with Crippen LogP contribution in [0.5, 0.6) is 0 Å². The van der Waals surface area contributed by atoms with Crippen LogP contribution < -0.4 is 0 Å². The van der Waals surface area contributed by atoms with Crippen LogP contribution in [0.1, 0.15) is 91.4 Å². The minimum absolute atomic E-state index is 0.0470. The summed E-state index contributed by atoms with van der Waals surface area (Å²) in [7, 11) is -3.94. The standard InChI is InChI=1S/C17H36O4S/c1-4-5-6-7-8-9-10-11-12-13-14-16(2)21-17(3)15-22(18,19)20/h16-17H,4-15H2,1-3H3,(H,18,19,20). The van der Waals surface area contributed by atoms with Crippen molar-refractivity contribution in [2.75, 3.05) is 5.75 Å². The van der Waals surface area contributed by atoms with Crippen LogP contribution in [-0.4, -0.2) is 30.9 Å². The topological polar surface area (TPSA) is 63.6 Å². The molecule has 2 unspecified atom stereocenters. The Labute approximate surface area is 137 Å². The molecule has 0 aliphatic carbocycles. The molecule has 22 heavy (non-hydrogen) atoms. The van der Waals surface area contributed by atoms with Crippen molar-refractivity contribution in [3.8, 4) is 0 Å². The highest BCUT2D eigenvalue weighted by atomic mass is 32.2. The lowest BCUT2D eigenvalue weighted by molar-refractivity contribution is 0.0142. The van der Waals surface area contributed by atoms with Crippen LogP contribution in [0.4, 0.5) is 0 Å². The van der Waals surface area contributed by atoms with Crippen LogP contribution in [0.15, 0.2) is 0 Å². The smallest absolute Gasteiger partial charge is 0.267 e. The summed E-state index contributed by atoms with van der Waals surface area (Å²) in [4.78, 5) is 0. The molecule has 0 aromatic carbocycles. The fourth-order valence-corrected chi connectivity index (χ4v) is 3.39. The zero-order valence-electron chi connectivity index (χ0n) is 14.7. The molecule has 0 aliphatic rings. The largest absolute Gasteiger partial charge is 0.374 e. The van der Waals surface area contributed by atoms with E-state index < -0.39 is 16.2 Å². The summed E-state index contributed by atoms with van der Waals surface area (Å²) >= 11 is 0. The van der Waals surface area contributed by atoms with E-state index in [-0.39, 0.29) is 11.9 Å².